The van der Waals surface area contributed by atoms with E-state index in [0.29, 0.717) is 4.90 Å². The molecule has 1 aromatic rings. The lowest BCUT2D eigenvalue weighted by atomic mass is 10.4. The number of hydrogen-bond acceptors (Lipinski definition) is 1. The van der Waals surface area contributed by atoms with Gasteiger partial charge in [0.1, 0.15) is 0 Å². The zero-order chi connectivity index (χ0) is 7.61. The zero-order valence-corrected chi connectivity index (χ0v) is 7.55. The van der Waals surface area contributed by atoms with Crippen LogP contribution in [0.4, 0.5) is 0 Å². The summed E-state index contributed by atoms with van der Waals surface area (Å²) in [7, 11) is -3.21. The lowest BCUT2D eigenvalue weighted by Crippen LogP contribution is -1.98. The van der Waals surface area contributed by atoms with Crippen LogP contribution in [0.15, 0.2) is 35.2 Å². The van der Waals surface area contributed by atoms with Crippen LogP contribution in [0, 0.1) is 0 Å². The SMILES string of the molecule is O=[SH](O)(Br)c1ccccc1. The molecule has 0 aromatic heterocycles. The van der Waals surface area contributed by atoms with Gasteiger partial charge in [-0.1, -0.05) is 18.2 Å². The molecule has 0 aliphatic rings. The number of hydrogen-bond donors (Lipinski definition) is 2. The highest BCUT2D eigenvalue weighted by Crippen LogP contribution is 2.20. The van der Waals surface area contributed by atoms with Crippen molar-refractivity contribution >= 4 is 23.5 Å². The summed E-state index contributed by atoms with van der Waals surface area (Å²) < 4.78 is 19.8. The monoisotopic (exact) mass is 222 g/mol. The summed E-state index contributed by atoms with van der Waals surface area (Å²) in [4.78, 5) is 0.426. The topological polar surface area (TPSA) is 37.3 Å². The first kappa shape index (κ1) is 7.91. The third kappa shape index (κ3) is 1.90. The predicted octanol–water partition coefficient (Wildman–Crippen LogP) is 1.85. The molecule has 0 spiro atoms. The van der Waals surface area contributed by atoms with Crippen molar-refractivity contribution in [2.75, 3.05) is 0 Å². The molecule has 0 aliphatic heterocycles. The van der Waals surface area contributed by atoms with Crippen LogP contribution in [0.25, 0.3) is 0 Å². The van der Waals surface area contributed by atoms with Crippen LogP contribution in [0.3, 0.4) is 0 Å². The second-order valence-corrected chi connectivity index (χ2v) is 6.24. The second kappa shape index (κ2) is 2.82. The van der Waals surface area contributed by atoms with E-state index < -0.39 is 8.65 Å². The number of halogens is 1. The molecule has 0 aliphatic carbocycles. The molecule has 0 fully saturated rings. The Morgan fingerprint density at radius 3 is 2.10 bits per heavy atom. The molecule has 1 N–H and O–H groups in total. The molecular weight excluding hydrogens is 216 g/mol. The van der Waals surface area contributed by atoms with Gasteiger partial charge in [-0.3, -0.25) is 4.55 Å². The summed E-state index contributed by atoms with van der Waals surface area (Å²) in [5.74, 6) is 0. The van der Waals surface area contributed by atoms with Crippen LogP contribution < -0.4 is 0 Å². The normalized spacial score (nSPS) is 13.0. The Morgan fingerprint density at radius 1 is 1.30 bits per heavy atom. The molecule has 0 amide bonds. The van der Waals surface area contributed by atoms with Crippen molar-refractivity contribution in [3.05, 3.63) is 30.3 Å². The maximum atomic E-state index is 10.9. The lowest BCUT2D eigenvalue weighted by Gasteiger charge is -2.12. The van der Waals surface area contributed by atoms with Gasteiger partial charge in [-0.05, 0) is 12.1 Å². The summed E-state index contributed by atoms with van der Waals surface area (Å²) in [5, 5.41) is 0. The van der Waals surface area contributed by atoms with Crippen LogP contribution in [0.1, 0.15) is 0 Å². The first-order chi connectivity index (χ1) is 4.61. The second-order valence-electron chi connectivity index (χ2n) is 1.84. The largest absolute Gasteiger partial charge is 0.292 e. The molecule has 0 saturated heterocycles. The van der Waals surface area contributed by atoms with Gasteiger partial charge in [0.25, 0.3) is 0 Å². The fourth-order valence-corrected chi connectivity index (χ4v) is 1.86. The quantitative estimate of drug-likeness (QED) is 0.563. The average molecular weight is 223 g/mol. The molecule has 0 heterocycles. The standard InChI is InChI=1S/C6H7BrO2S/c7-10(8,9)6-4-2-1-3-5-6/h1-5,10H,(H,8,9). The number of rotatable bonds is 1. The molecule has 1 aromatic carbocycles. The van der Waals surface area contributed by atoms with E-state index in [1.807, 2.05) is 0 Å². The van der Waals surface area contributed by atoms with Gasteiger partial charge in [-0.2, -0.15) is 4.21 Å². The Kier molecular flexibility index (Phi) is 2.23. The molecule has 4 heteroatoms. The minimum atomic E-state index is -3.21. The average Bonchev–Trinajstić information content (AvgIpc) is 1.88. The summed E-state index contributed by atoms with van der Waals surface area (Å²) in [6.07, 6.45) is 0. The Hall–Kier alpha value is -0.190. The predicted molar refractivity (Wildman–Crippen MR) is 45.8 cm³/mol. The van der Waals surface area contributed by atoms with Gasteiger partial charge >= 0.3 is 0 Å². The van der Waals surface area contributed by atoms with E-state index in [0.717, 1.165) is 0 Å². The molecular formula is C6H7BrO2S. The van der Waals surface area contributed by atoms with Crippen molar-refractivity contribution in [2.24, 2.45) is 0 Å². The summed E-state index contributed by atoms with van der Waals surface area (Å²) in [6, 6.07) is 8.45. The van der Waals surface area contributed by atoms with Crippen LogP contribution in [0.5, 0.6) is 0 Å². The van der Waals surface area contributed by atoms with Crippen molar-refractivity contribution in [1.82, 2.24) is 0 Å². The van der Waals surface area contributed by atoms with Crippen molar-refractivity contribution in [2.45, 2.75) is 4.90 Å². The van der Waals surface area contributed by atoms with Crippen molar-refractivity contribution < 1.29 is 8.76 Å². The van der Waals surface area contributed by atoms with Gasteiger partial charge in [0, 0.05) is 0 Å². The summed E-state index contributed by atoms with van der Waals surface area (Å²) >= 11 is 2.70. The lowest BCUT2D eigenvalue weighted by molar-refractivity contribution is 0.560. The highest BCUT2D eigenvalue weighted by molar-refractivity contribution is 9.48. The van der Waals surface area contributed by atoms with E-state index >= 15 is 0 Å². The molecule has 0 radical (unpaired) electrons. The van der Waals surface area contributed by atoms with E-state index in [-0.39, 0.29) is 0 Å². The Morgan fingerprint density at radius 2 is 1.80 bits per heavy atom. The van der Waals surface area contributed by atoms with Crippen LogP contribution in [0.2, 0.25) is 0 Å². The highest BCUT2D eigenvalue weighted by Gasteiger charge is 2.00. The molecule has 2 nitrogen and oxygen atoms in total. The van der Waals surface area contributed by atoms with Crippen molar-refractivity contribution in [1.29, 1.82) is 0 Å². The van der Waals surface area contributed by atoms with Crippen molar-refractivity contribution in [3.8, 4) is 0 Å². The van der Waals surface area contributed by atoms with Crippen LogP contribution in [-0.2, 0) is 8.65 Å². The maximum Gasteiger partial charge on any atom is 0.0624 e. The van der Waals surface area contributed by atoms with Crippen LogP contribution in [-0.4, -0.2) is 8.76 Å². The Labute approximate surface area is 67.7 Å². The van der Waals surface area contributed by atoms with E-state index in [4.69, 9.17) is 4.55 Å². The van der Waals surface area contributed by atoms with Gasteiger partial charge in [0.15, 0.2) is 0 Å². The fourth-order valence-electron chi connectivity index (χ4n) is 0.612. The first-order valence-electron chi connectivity index (χ1n) is 2.69. The Balaban J connectivity index is 3.09. The van der Waals surface area contributed by atoms with E-state index in [1.165, 1.54) is 0 Å². The zero-order valence-electron chi connectivity index (χ0n) is 5.07. The molecule has 0 bridgehead atoms. The smallest absolute Gasteiger partial charge is 0.0624 e. The van der Waals surface area contributed by atoms with Gasteiger partial charge in [-0.15, -0.1) is 8.65 Å². The van der Waals surface area contributed by atoms with E-state index in [9.17, 15) is 4.21 Å². The molecule has 0 unspecified atom stereocenters. The molecule has 0 atom stereocenters. The summed E-state index contributed by atoms with van der Waals surface area (Å²) in [5.41, 5.74) is 0. The molecule has 0 saturated carbocycles. The molecule has 10 heavy (non-hydrogen) atoms. The summed E-state index contributed by atoms with van der Waals surface area (Å²) in [6.45, 7) is 0. The van der Waals surface area contributed by atoms with E-state index in [2.05, 4.69) is 14.8 Å². The number of benzene rings is 1. The minimum absolute atomic E-state index is 0.426. The fraction of sp³-hybridized carbons (Fsp3) is 0. The highest BCUT2D eigenvalue weighted by atomic mass is 79.9. The van der Waals surface area contributed by atoms with Crippen LogP contribution >= 0.6 is 14.8 Å². The van der Waals surface area contributed by atoms with Gasteiger partial charge < -0.3 is 0 Å². The van der Waals surface area contributed by atoms with E-state index in [1.54, 1.807) is 30.3 Å². The van der Waals surface area contributed by atoms with Gasteiger partial charge in [0.05, 0.1) is 19.7 Å². The minimum Gasteiger partial charge on any atom is -0.292 e. The molecule has 1 rings (SSSR count). The first-order valence-corrected chi connectivity index (χ1v) is 6.36. The maximum absolute atomic E-state index is 10.9. The van der Waals surface area contributed by atoms with Gasteiger partial charge in [0.2, 0.25) is 0 Å². The van der Waals surface area contributed by atoms with Gasteiger partial charge in [-0.25, -0.2) is 0 Å². The molecule has 56 valence electrons. The third-order valence-electron chi connectivity index (χ3n) is 1.07. The van der Waals surface area contributed by atoms with Crippen molar-refractivity contribution in [3.63, 3.8) is 0 Å². The number of thiol groups is 1. The Bertz CT molecular complexity index is 254. The third-order valence-corrected chi connectivity index (χ3v) is 3.24.